The van der Waals surface area contributed by atoms with E-state index in [1.165, 1.54) is 0 Å². The number of para-hydroxylation sites is 1. The minimum absolute atomic E-state index is 0.378. The molecule has 1 amide bonds. The van der Waals surface area contributed by atoms with E-state index in [1.807, 2.05) is 25.1 Å². The molecule has 0 fully saturated rings. The molecule has 0 aromatic heterocycles. The molecule has 2 aromatic rings. The summed E-state index contributed by atoms with van der Waals surface area (Å²) in [5.41, 5.74) is 1.48. The molecule has 0 aliphatic heterocycles. The van der Waals surface area contributed by atoms with Crippen molar-refractivity contribution in [3.63, 3.8) is 0 Å². The van der Waals surface area contributed by atoms with Crippen LogP contribution in [-0.4, -0.2) is 24.6 Å². The van der Waals surface area contributed by atoms with Gasteiger partial charge in [-0.25, -0.2) is 4.79 Å². The molecular weight excluding hydrogens is 457 g/mol. The van der Waals surface area contributed by atoms with Gasteiger partial charge in [-0.1, -0.05) is 23.7 Å². The summed E-state index contributed by atoms with van der Waals surface area (Å²) in [6.45, 7) is 3.01. The van der Waals surface area contributed by atoms with Crippen LogP contribution in [0.25, 0.3) is 0 Å². The Hall–Kier alpha value is -1.80. The van der Waals surface area contributed by atoms with Crippen molar-refractivity contribution in [3.8, 4) is 5.75 Å². The van der Waals surface area contributed by atoms with E-state index >= 15 is 0 Å². The summed E-state index contributed by atoms with van der Waals surface area (Å²) in [5, 5.41) is 3.28. The van der Waals surface area contributed by atoms with Crippen LogP contribution in [0.15, 0.2) is 42.5 Å². The van der Waals surface area contributed by atoms with E-state index in [0.29, 0.717) is 16.5 Å². The second kappa shape index (κ2) is 9.05. The van der Waals surface area contributed by atoms with Crippen LogP contribution in [0.4, 0.5) is 5.69 Å². The highest BCUT2D eigenvalue weighted by Crippen LogP contribution is 2.23. The molecule has 0 saturated heterocycles. The second-order valence-corrected chi connectivity index (χ2v) is 6.90. The number of esters is 1. The minimum Gasteiger partial charge on any atom is -0.479 e. The summed E-state index contributed by atoms with van der Waals surface area (Å²) in [7, 11) is 0. The first-order chi connectivity index (χ1) is 11.9. The minimum atomic E-state index is -0.843. The van der Waals surface area contributed by atoms with Gasteiger partial charge in [0.05, 0.1) is 5.69 Å². The number of rotatable bonds is 6. The van der Waals surface area contributed by atoms with Gasteiger partial charge in [0.25, 0.3) is 5.91 Å². The Morgan fingerprint density at radius 1 is 1.24 bits per heavy atom. The van der Waals surface area contributed by atoms with Crippen LogP contribution >= 0.6 is 34.2 Å². The van der Waals surface area contributed by atoms with Crippen molar-refractivity contribution < 1.29 is 19.1 Å². The zero-order valence-corrected chi connectivity index (χ0v) is 16.6. The maximum absolute atomic E-state index is 12.0. The molecule has 2 aromatic carbocycles. The summed E-state index contributed by atoms with van der Waals surface area (Å²) in [5.74, 6) is -0.489. The number of nitrogens with one attached hydrogen (secondary N) is 1. The van der Waals surface area contributed by atoms with Crippen molar-refractivity contribution in [2.75, 3.05) is 11.9 Å². The van der Waals surface area contributed by atoms with E-state index in [0.717, 1.165) is 9.13 Å². The standard InChI is InChI=1S/C18H17ClINO4/c1-11-9-13(19)7-8-16(11)25-12(2)18(23)24-10-17(22)21-15-6-4-3-5-14(15)20/h3-9,12H,10H2,1-2H3,(H,21,22). The third-order valence-corrected chi connectivity index (χ3v) is 4.44. The molecule has 0 spiro atoms. The fourth-order valence-electron chi connectivity index (χ4n) is 1.99. The van der Waals surface area contributed by atoms with Gasteiger partial charge in [0.15, 0.2) is 12.7 Å². The Morgan fingerprint density at radius 2 is 1.96 bits per heavy atom. The number of hydrogen-bond donors (Lipinski definition) is 1. The zero-order chi connectivity index (χ0) is 18.4. The number of halogens is 2. The van der Waals surface area contributed by atoms with Crippen LogP contribution < -0.4 is 10.1 Å². The van der Waals surface area contributed by atoms with Gasteiger partial charge in [-0.2, -0.15) is 0 Å². The monoisotopic (exact) mass is 473 g/mol. The SMILES string of the molecule is Cc1cc(Cl)ccc1OC(C)C(=O)OCC(=O)Nc1ccccc1I. The molecule has 0 aliphatic carbocycles. The topological polar surface area (TPSA) is 64.6 Å². The summed E-state index contributed by atoms with van der Waals surface area (Å²) in [4.78, 5) is 23.9. The molecule has 2 rings (SSSR count). The van der Waals surface area contributed by atoms with E-state index in [1.54, 1.807) is 31.2 Å². The first-order valence-electron chi connectivity index (χ1n) is 7.50. The van der Waals surface area contributed by atoms with Gasteiger partial charge < -0.3 is 14.8 Å². The van der Waals surface area contributed by atoms with Crippen LogP contribution in [0, 0.1) is 10.5 Å². The predicted molar refractivity (Wildman–Crippen MR) is 105 cm³/mol. The number of aryl methyl sites for hydroxylation is 1. The van der Waals surface area contributed by atoms with Crippen molar-refractivity contribution >= 4 is 51.8 Å². The quantitative estimate of drug-likeness (QED) is 0.504. The lowest BCUT2D eigenvalue weighted by Crippen LogP contribution is -2.30. The third-order valence-electron chi connectivity index (χ3n) is 3.27. The predicted octanol–water partition coefficient (Wildman–Crippen LogP) is 4.20. The molecule has 132 valence electrons. The maximum atomic E-state index is 12.0. The van der Waals surface area contributed by atoms with Crippen molar-refractivity contribution in [3.05, 3.63) is 56.6 Å². The number of amides is 1. The van der Waals surface area contributed by atoms with E-state index in [-0.39, 0.29) is 6.61 Å². The average molecular weight is 474 g/mol. The van der Waals surface area contributed by atoms with E-state index in [2.05, 4.69) is 27.9 Å². The Bertz CT molecular complexity index is 781. The smallest absolute Gasteiger partial charge is 0.347 e. The molecular formula is C18H17ClINO4. The van der Waals surface area contributed by atoms with Crippen molar-refractivity contribution in [2.24, 2.45) is 0 Å². The van der Waals surface area contributed by atoms with Gasteiger partial charge in [0.2, 0.25) is 0 Å². The highest BCUT2D eigenvalue weighted by molar-refractivity contribution is 14.1. The summed E-state index contributed by atoms with van der Waals surface area (Å²) in [6.07, 6.45) is -0.843. The highest BCUT2D eigenvalue weighted by Gasteiger charge is 2.19. The molecule has 0 saturated carbocycles. The highest BCUT2D eigenvalue weighted by atomic mass is 127. The summed E-state index contributed by atoms with van der Waals surface area (Å²) >= 11 is 8.00. The van der Waals surface area contributed by atoms with Gasteiger partial charge in [0.1, 0.15) is 5.75 Å². The Morgan fingerprint density at radius 3 is 2.64 bits per heavy atom. The number of hydrogen-bond acceptors (Lipinski definition) is 4. The zero-order valence-electron chi connectivity index (χ0n) is 13.7. The molecule has 0 heterocycles. The molecule has 1 atom stereocenters. The fraction of sp³-hybridized carbons (Fsp3) is 0.222. The molecule has 0 bridgehead atoms. The van der Waals surface area contributed by atoms with E-state index in [4.69, 9.17) is 21.1 Å². The Balaban J connectivity index is 1.84. The maximum Gasteiger partial charge on any atom is 0.347 e. The largest absolute Gasteiger partial charge is 0.479 e. The van der Waals surface area contributed by atoms with Crippen molar-refractivity contribution in [1.29, 1.82) is 0 Å². The normalized spacial score (nSPS) is 11.5. The number of ether oxygens (including phenoxy) is 2. The lowest BCUT2D eigenvalue weighted by atomic mass is 10.2. The molecule has 25 heavy (non-hydrogen) atoms. The van der Waals surface area contributed by atoms with E-state index in [9.17, 15) is 9.59 Å². The van der Waals surface area contributed by atoms with Gasteiger partial charge in [0, 0.05) is 8.59 Å². The summed E-state index contributed by atoms with van der Waals surface area (Å²) in [6, 6.07) is 12.4. The molecule has 1 unspecified atom stereocenters. The van der Waals surface area contributed by atoms with Gasteiger partial charge >= 0.3 is 5.97 Å². The Kier molecular flexibility index (Phi) is 7.07. The van der Waals surface area contributed by atoms with Crippen LogP contribution in [-0.2, 0) is 14.3 Å². The molecule has 0 radical (unpaired) electrons. The first-order valence-corrected chi connectivity index (χ1v) is 8.96. The average Bonchev–Trinajstić information content (AvgIpc) is 2.57. The van der Waals surface area contributed by atoms with E-state index < -0.39 is 18.0 Å². The van der Waals surface area contributed by atoms with Crippen LogP contribution in [0.2, 0.25) is 5.02 Å². The molecule has 1 N–H and O–H groups in total. The molecule has 5 nitrogen and oxygen atoms in total. The Labute approximate surface area is 164 Å². The van der Waals surface area contributed by atoms with Gasteiger partial charge in [-0.15, -0.1) is 0 Å². The van der Waals surface area contributed by atoms with Crippen molar-refractivity contribution in [2.45, 2.75) is 20.0 Å². The number of anilines is 1. The van der Waals surface area contributed by atoms with Gasteiger partial charge in [-0.05, 0) is 72.3 Å². The van der Waals surface area contributed by atoms with Crippen molar-refractivity contribution in [1.82, 2.24) is 0 Å². The van der Waals surface area contributed by atoms with Crippen LogP contribution in [0.5, 0.6) is 5.75 Å². The number of carbonyl (C=O) groups is 2. The van der Waals surface area contributed by atoms with Crippen LogP contribution in [0.3, 0.4) is 0 Å². The second-order valence-electron chi connectivity index (χ2n) is 5.31. The lowest BCUT2D eigenvalue weighted by Gasteiger charge is -2.15. The fourth-order valence-corrected chi connectivity index (χ4v) is 2.74. The lowest BCUT2D eigenvalue weighted by molar-refractivity contribution is -0.153. The third kappa shape index (κ3) is 5.89. The van der Waals surface area contributed by atoms with Crippen LogP contribution in [0.1, 0.15) is 12.5 Å². The van der Waals surface area contributed by atoms with Gasteiger partial charge in [-0.3, -0.25) is 4.79 Å². The first kappa shape index (κ1) is 19.5. The summed E-state index contributed by atoms with van der Waals surface area (Å²) < 4.78 is 11.5. The molecule has 7 heteroatoms. The number of carbonyl (C=O) groups excluding carboxylic acids is 2. The molecule has 0 aliphatic rings. The number of benzene rings is 2.